The molecule has 0 saturated heterocycles. The summed E-state index contributed by atoms with van der Waals surface area (Å²) < 4.78 is 4.95. The van der Waals surface area contributed by atoms with Gasteiger partial charge in [-0.05, 0) is 29.8 Å². The average molecular weight is 213 g/mol. The van der Waals surface area contributed by atoms with Gasteiger partial charge in [-0.1, -0.05) is 11.6 Å². The molecule has 0 aliphatic rings. The second-order valence-electron chi connectivity index (χ2n) is 2.56. The lowest BCUT2D eigenvalue weighted by atomic mass is 10.2. The standard InChI is InChI=1S/C10H9ClO3/c1-14-8-4-2-7(9(11)6-8)3-5-10(12)13/h2-6H,1H3,(H,12,13). The average Bonchev–Trinajstić information content (AvgIpc) is 2.15. The molecule has 1 aromatic carbocycles. The maximum Gasteiger partial charge on any atom is 0.328 e. The minimum atomic E-state index is -1.00. The SMILES string of the molecule is COc1ccc(C=CC(=O)O)c(Cl)c1. The van der Waals surface area contributed by atoms with Gasteiger partial charge >= 0.3 is 5.97 Å². The second-order valence-corrected chi connectivity index (χ2v) is 2.97. The van der Waals surface area contributed by atoms with Crippen molar-refractivity contribution in [2.75, 3.05) is 7.11 Å². The van der Waals surface area contributed by atoms with Gasteiger partial charge in [0.1, 0.15) is 5.75 Å². The fourth-order valence-electron chi connectivity index (χ4n) is 0.931. The topological polar surface area (TPSA) is 46.5 Å². The first-order valence-corrected chi connectivity index (χ1v) is 4.26. The van der Waals surface area contributed by atoms with E-state index in [0.717, 1.165) is 6.08 Å². The van der Waals surface area contributed by atoms with E-state index in [0.29, 0.717) is 16.3 Å². The minimum absolute atomic E-state index is 0.460. The van der Waals surface area contributed by atoms with E-state index in [1.54, 1.807) is 25.3 Å². The van der Waals surface area contributed by atoms with Crippen molar-refractivity contribution < 1.29 is 14.6 Å². The molecule has 0 aliphatic heterocycles. The van der Waals surface area contributed by atoms with Gasteiger partial charge in [0.15, 0.2) is 0 Å². The van der Waals surface area contributed by atoms with Gasteiger partial charge in [0.2, 0.25) is 0 Å². The first-order valence-electron chi connectivity index (χ1n) is 3.88. The second kappa shape index (κ2) is 4.67. The van der Waals surface area contributed by atoms with Gasteiger partial charge in [-0.25, -0.2) is 4.79 Å². The van der Waals surface area contributed by atoms with E-state index in [1.165, 1.54) is 6.08 Å². The number of benzene rings is 1. The molecule has 0 bridgehead atoms. The number of carboxylic acids is 1. The summed E-state index contributed by atoms with van der Waals surface area (Å²) in [5.41, 5.74) is 0.648. The van der Waals surface area contributed by atoms with Crippen molar-refractivity contribution in [3.8, 4) is 5.75 Å². The molecule has 14 heavy (non-hydrogen) atoms. The molecular formula is C10H9ClO3. The van der Waals surface area contributed by atoms with Crippen molar-refractivity contribution in [1.29, 1.82) is 0 Å². The van der Waals surface area contributed by atoms with Crippen molar-refractivity contribution in [2.24, 2.45) is 0 Å². The van der Waals surface area contributed by atoms with Gasteiger partial charge in [-0.3, -0.25) is 0 Å². The van der Waals surface area contributed by atoms with Crippen LogP contribution in [0.25, 0.3) is 6.08 Å². The van der Waals surface area contributed by atoms with Gasteiger partial charge < -0.3 is 9.84 Å². The van der Waals surface area contributed by atoms with Crippen molar-refractivity contribution in [3.63, 3.8) is 0 Å². The van der Waals surface area contributed by atoms with Crippen molar-refractivity contribution >= 4 is 23.6 Å². The number of rotatable bonds is 3. The molecule has 1 N–H and O–H groups in total. The molecule has 0 spiro atoms. The molecular weight excluding hydrogens is 204 g/mol. The zero-order chi connectivity index (χ0) is 10.6. The molecule has 0 fully saturated rings. The zero-order valence-corrected chi connectivity index (χ0v) is 8.28. The minimum Gasteiger partial charge on any atom is -0.497 e. The molecule has 0 aromatic heterocycles. The van der Waals surface area contributed by atoms with E-state index in [-0.39, 0.29) is 0 Å². The Morgan fingerprint density at radius 3 is 2.79 bits per heavy atom. The first-order chi connectivity index (χ1) is 6.63. The summed E-state index contributed by atoms with van der Waals surface area (Å²) in [6.45, 7) is 0. The van der Waals surface area contributed by atoms with Crippen LogP contribution in [-0.2, 0) is 4.79 Å². The third-order valence-corrected chi connectivity index (χ3v) is 1.94. The van der Waals surface area contributed by atoms with Gasteiger partial charge in [0.05, 0.1) is 12.1 Å². The van der Waals surface area contributed by atoms with Crippen LogP contribution in [0.4, 0.5) is 0 Å². The maximum atomic E-state index is 10.3. The Labute approximate surface area is 86.6 Å². The predicted molar refractivity (Wildman–Crippen MR) is 54.7 cm³/mol. The molecule has 0 saturated carbocycles. The van der Waals surface area contributed by atoms with Crippen LogP contribution in [0.5, 0.6) is 5.75 Å². The summed E-state index contributed by atoms with van der Waals surface area (Å²) in [7, 11) is 1.54. The highest BCUT2D eigenvalue weighted by molar-refractivity contribution is 6.32. The molecule has 1 aromatic rings. The molecule has 3 nitrogen and oxygen atoms in total. The van der Waals surface area contributed by atoms with Crippen LogP contribution < -0.4 is 4.74 Å². The molecule has 1 rings (SSSR count). The largest absolute Gasteiger partial charge is 0.497 e. The lowest BCUT2D eigenvalue weighted by Gasteiger charge is -2.01. The fourth-order valence-corrected chi connectivity index (χ4v) is 1.16. The Balaban J connectivity index is 2.94. The monoisotopic (exact) mass is 212 g/mol. The number of carbonyl (C=O) groups is 1. The van der Waals surface area contributed by atoms with Crippen LogP contribution in [0.3, 0.4) is 0 Å². The smallest absolute Gasteiger partial charge is 0.328 e. The lowest BCUT2D eigenvalue weighted by molar-refractivity contribution is -0.131. The third kappa shape index (κ3) is 2.78. The number of ether oxygens (including phenoxy) is 1. The van der Waals surface area contributed by atoms with Crippen molar-refractivity contribution in [1.82, 2.24) is 0 Å². The van der Waals surface area contributed by atoms with Crippen molar-refractivity contribution in [3.05, 3.63) is 34.9 Å². The molecule has 74 valence electrons. The summed E-state index contributed by atoms with van der Waals surface area (Å²) in [5.74, 6) is -0.362. The molecule has 4 heteroatoms. The van der Waals surface area contributed by atoms with E-state index >= 15 is 0 Å². The van der Waals surface area contributed by atoms with Crippen LogP contribution >= 0.6 is 11.6 Å². The normalized spacial score (nSPS) is 10.4. The number of aliphatic carboxylic acids is 1. The Morgan fingerprint density at radius 1 is 1.57 bits per heavy atom. The molecule has 0 radical (unpaired) electrons. The summed E-state index contributed by atoms with van der Waals surface area (Å²) >= 11 is 5.87. The number of hydrogen-bond donors (Lipinski definition) is 1. The van der Waals surface area contributed by atoms with Crippen LogP contribution in [0.15, 0.2) is 24.3 Å². The Kier molecular flexibility index (Phi) is 3.54. The number of halogens is 1. The van der Waals surface area contributed by atoms with Crippen LogP contribution in [0.1, 0.15) is 5.56 Å². The van der Waals surface area contributed by atoms with Gasteiger partial charge in [0.25, 0.3) is 0 Å². The van der Waals surface area contributed by atoms with E-state index in [2.05, 4.69) is 0 Å². The van der Waals surface area contributed by atoms with Crippen molar-refractivity contribution in [2.45, 2.75) is 0 Å². The van der Waals surface area contributed by atoms with Crippen LogP contribution in [0, 0.1) is 0 Å². The number of carboxylic acid groups (broad SMARTS) is 1. The molecule has 0 unspecified atom stereocenters. The van der Waals surface area contributed by atoms with Crippen LogP contribution in [-0.4, -0.2) is 18.2 Å². The summed E-state index contributed by atoms with van der Waals surface area (Å²) in [6, 6.07) is 5.04. The zero-order valence-electron chi connectivity index (χ0n) is 7.53. The molecule has 0 heterocycles. The highest BCUT2D eigenvalue weighted by atomic mass is 35.5. The highest BCUT2D eigenvalue weighted by Gasteiger charge is 1.99. The summed E-state index contributed by atoms with van der Waals surface area (Å²) in [5, 5.41) is 8.87. The quantitative estimate of drug-likeness (QED) is 0.783. The Bertz CT molecular complexity index is 372. The first kappa shape index (κ1) is 10.6. The maximum absolute atomic E-state index is 10.3. The van der Waals surface area contributed by atoms with Gasteiger partial charge in [0, 0.05) is 6.08 Å². The molecule has 0 atom stereocenters. The van der Waals surface area contributed by atoms with Gasteiger partial charge in [-0.15, -0.1) is 0 Å². The van der Waals surface area contributed by atoms with Gasteiger partial charge in [-0.2, -0.15) is 0 Å². The Morgan fingerprint density at radius 2 is 2.29 bits per heavy atom. The number of hydrogen-bond acceptors (Lipinski definition) is 2. The third-order valence-electron chi connectivity index (χ3n) is 1.61. The molecule has 0 amide bonds. The van der Waals surface area contributed by atoms with E-state index in [4.69, 9.17) is 21.4 Å². The van der Waals surface area contributed by atoms with Crippen LogP contribution in [0.2, 0.25) is 5.02 Å². The molecule has 0 aliphatic carbocycles. The van der Waals surface area contributed by atoms with E-state index in [9.17, 15) is 4.79 Å². The fraction of sp³-hybridized carbons (Fsp3) is 0.100. The highest BCUT2D eigenvalue weighted by Crippen LogP contribution is 2.23. The summed E-state index contributed by atoms with van der Waals surface area (Å²) in [4.78, 5) is 10.3. The van der Waals surface area contributed by atoms with E-state index in [1.807, 2.05) is 0 Å². The predicted octanol–water partition coefficient (Wildman–Crippen LogP) is 2.45. The van der Waals surface area contributed by atoms with E-state index < -0.39 is 5.97 Å². The Hall–Kier alpha value is -1.48. The summed E-state index contributed by atoms with van der Waals surface area (Å²) in [6.07, 6.45) is 2.47. The number of methoxy groups -OCH3 is 1. The lowest BCUT2D eigenvalue weighted by Crippen LogP contribution is -1.87.